The molecule has 1 aliphatic rings. The standard InChI is InChI=1S/C19H18F3NO4S/c1-27-18(24)16-11-14(12-23(16)13-7-3-2-4-8-13)28(25,26)17-10-6-5-9-15(17)19(20,21)22/h2-10,14,16H,11-12H2,1H3/t14-,16+/m1/s1. The van der Waals surface area contributed by atoms with Crippen molar-refractivity contribution < 1.29 is 31.1 Å². The summed E-state index contributed by atoms with van der Waals surface area (Å²) < 4.78 is 70.8. The van der Waals surface area contributed by atoms with Crippen LogP contribution in [0, 0.1) is 0 Å². The largest absolute Gasteiger partial charge is 0.467 e. The van der Waals surface area contributed by atoms with Crippen LogP contribution < -0.4 is 4.90 Å². The van der Waals surface area contributed by atoms with Crippen molar-refractivity contribution >= 4 is 21.5 Å². The van der Waals surface area contributed by atoms with E-state index in [-0.39, 0.29) is 13.0 Å². The second-order valence-corrected chi connectivity index (χ2v) is 8.62. The van der Waals surface area contributed by atoms with Gasteiger partial charge in [-0.05, 0) is 30.7 Å². The Morgan fingerprint density at radius 3 is 2.29 bits per heavy atom. The summed E-state index contributed by atoms with van der Waals surface area (Å²) in [6, 6.07) is 11.8. The third-order valence-electron chi connectivity index (χ3n) is 4.76. The number of halogens is 3. The lowest BCUT2D eigenvalue weighted by Crippen LogP contribution is -2.37. The highest BCUT2D eigenvalue weighted by Gasteiger charge is 2.46. The Morgan fingerprint density at radius 1 is 1.07 bits per heavy atom. The van der Waals surface area contributed by atoms with Crippen LogP contribution in [0.5, 0.6) is 0 Å². The Kier molecular flexibility index (Phi) is 5.38. The zero-order valence-corrected chi connectivity index (χ0v) is 15.7. The number of rotatable bonds is 4. The molecule has 9 heteroatoms. The highest BCUT2D eigenvalue weighted by atomic mass is 32.2. The Balaban J connectivity index is 2.01. The van der Waals surface area contributed by atoms with Gasteiger partial charge in [0.1, 0.15) is 6.04 Å². The molecule has 28 heavy (non-hydrogen) atoms. The normalized spacial score (nSPS) is 20.2. The second kappa shape index (κ2) is 7.46. The maximum Gasteiger partial charge on any atom is 0.417 e. The SMILES string of the molecule is COC(=O)[C@@H]1C[C@@H](S(=O)(=O)c2ccccc2C(F)(F)F)CN1c1ccccc1. The number of benzene rings is 2. The molecule has 3 rings (SSSR count). The molecule has 0 unspecified atom stereocenters. The maximum absolute atomic E-state index is 13.3. The minimum absolute atomic E-state index is 0.113. The topological polar surface area (TPSA) is 63.7 Å². The Bertz CT molecular complexity index is 961. The van der Waals surface area contributed by atoms with Crippen LogP contribution in [0.15, 0.2) is 59.5 Å². The van der Waals surface area contributed by atoms with E-state index in [0.29, 0.717) is 5.69 Å². The number of carbonyl (C=O) groups is 1. The first-order valence-corrected chi connectivity index (χ1v) is 10.0. The monoisotopic (exact) mass is 413 g/mol. The van der Waals surface area contributed by atoms with Crippen molar-refractivity contribution in [2.24, 2.45) is 0 Å². The summed E-state index contributed by atoms with van der Waals surface area (Å²) in [4.78, 5) is 13.0. The molecular weight excluding hydrogens is 395 g/mol. The zero-order chi connectivity index (χ0) is 20.5. The molecule has 0 bridgehead atoms. The highest BCUT2D eigenvalue weighted by Crippen LogP contribution is 2.38. The average Bonchev–Trinajstić information content (AvgIpc) is 3.14. The van der Waals surface area contributed by atoms with Crippen LogP contribution in [-0.2, 0) is 25.5 Å². The van der Waals surface area contributed by atoms with Crippen molar-refractivity contribution in [2.45, 2.75) is 28.8 Å². The van der Waals surface area contributed by atoms with Gasteiger partial charge in [0.05, 0.1) is 22.8 Å². The van der Waals surface area contributed by atoms with E-state index in [1.54, 1.807) is 35.2 Å². The van der Waals surface area contributed by atoms with Crippen LogP contribution in [0.25, 0.3) is 0 Å². The number of alkyl halides is 3. The number of methoxy groups -OCH3 is 1. The molecule has 0 N–H and O–H groups in total. The molecule has 2 aromatic carbocycles. The molecule has 1 saturated heterocycles. The predicted molar refractivity (Wildman–Crippen MR) is 96.6 cm³/mol. The molecule has 1 aliphatic heterocycles. The summed E-state index contributed by atoms with van der Waals surface area (Å²) in [6.45, 7) is -0.113. The Labute approximate surface area is 160 Å². The van der Waals surface area contributed by atoms with Crippen LogP contribution in [0.3, 0.4) is 0 Å². The third-order valence-corrected chi connectivity index (χ3v) is 6.95. The van der Waals surface area contributed by atoms with Gasteiger partial charge in [-0.15, -0.1) is 0 Å². The number of hydrogen-bond acceptors (Lipinski definition) is 5. The lowest BCUT2D eigenvalue weighted by Gasteiger charge is -2.24. The molecule has 150 valence electrons. The molecule has 2 aromatic rings. The van der Waals surface area contributed by atoms with Gasteiger partial charge in [-0.3, -0.25) is 0 Å². The van der Waals surface area contributed by atoms with E-state index in [1.165, 1.54) is 13.2 Å². The van der Waals surface area contributed by atoms with Gasteiger partial charge in [-0.25, -0.2) is 13.2 Å². The number of esters is 1. The number of ether oxygens (including phenoxy) is 1. The molecule has 2 atom stereocenters. The van der Waals surface area contributed by atoms with Crippen LogP contribution in [0.1, 0.15) is 12.0 Å². The fraction of sp³-hybridized carbons (Fsp3) is 0.316. The van der Waals surface area contributed by atoms with Gasteiger partial charge in [0.15, 0.2) is 9.84 Å². The lowest BCUT2D eigenvalue weighted by atomic mass is 10.2. The van der Waals surface area contributed by atoms with Gasteiger partial charge >= 0.3 is 12.1 Å². The smallest absolute Gasteiger partial charge is 0.417 e. The van der Waals surface area contributed by atoms with Crippen LogP contribution >= 0.6 is 0 Å². The van der Waals surface area contributed by atoms with Crippen molar-refractivity contribution in [3.05, 3.63) is 60.2 Å². The number of sulfone groups is 1. The molecule has 1 fully saturated rings. The number of nitrogens with zero attached hydrogens (tertiary/aromatic N) is 1. The highest BCUT2D eigenvalue weighted by molar-refractivity contribution is 7.92. The van der Waals surface area contributed by atoms with Crippen molar-refractivity contribution in [3.8, 4) is 0 Å². The predicted octanol–water partition coefficient (Wildman–Crippen LogP) is 3.30. The fourth-order valence-corrected chi connectivity index (χ4v) is 5.33. The molecule has 0 saturated carbocycles. The van der Waals surface area contributed by atoms with Crippen LogP contribution in [0.4, 0.5) is 18.9 Å². The number of anilines is 1. The molecular formula is C19H18F3NO4S. The summed E-state index contributed by atoms with van der Waals surface area (Å²) in [5.41, 5.74) is -0.609. The fourth-order valence-electron chi connectivity index (χ4n) is 3.42. The van der Waals surface area contributed by atoms with Gasteiger partial charge in [0, 0.05) is 12.2 Å². The first-order valence-electron chi connectivity index (χ1n) is 8.46. The Morgan fingerprint density at radius 2 is 1.68 bits per heavy atom. The molecule has 0 aromatic heterocycles. The van der Waals surface area contributed by atoms with Gasteiger partial charge in [0.25, 0.3) is 0 Å². The number of para-hydroxylation sites is 1. The van der Waals surface area contributed by atoms with Gasteiger partial charge in [0.2, 0.25) is 0 Å². The summed E-state index contributed by atoms with van der Waals surface area (Å²) in [7, 11) is -3.15. The van der Waals surface area contributed by atoms with E-state index in [2.05, 4.69) is 0 Å². The van der Waals surface area contributed by atoms with Crippen molar-refractivity contribution in [3.63, 3.8) is 0 Å². The lowest BCUT2D eigenvalue weighted by molar-refractivity contribution is -0.142. The van der Waals surface area contributed by atoms with Gasteiger partial charge in [-0.1, -0.05) is 30.3 Å². The minimum Gasteiger partial charge on any atom is -0.467 e. The van der Waals surface area contributed by atoms with Crippen LogP contribution in [0.2, 0.25) is 0 Å². The van der Waals surface area contributed by atoms with Gasteiger partial charge in [-0.2, -0.15) is 13.2 Å². The maximum atomic E-state index is 13.3. The van der Waals surface area contributed by atoms with E-state index in [9.17, 15) is 26.4 Å². The van der Waals surface area contributed by atoms with E-state index in [4.69, 9.17) is 4.74 Å². The van der Waals surface area contributed by atoms with E-state index >= 15 is 0 Å². The second-order valence-electron chi connectivity index (χ2n) is 6.42. The molecule has 1 heterocycles. The molecule has 0 aliphatic carbocycles. The van der Waals surface area contributed by atoms with Crippen LogP contribution in [-0.4, -0.2) is 39.3 Å². The quantitative estimate of drug-likeness (QED) is 0.720. The van der Waals surface area contributed by atoms with Gasteiger partial charge < -0.3 is 9.64 Å². The number of carbonyl (C=O) groups excluding carboxylic acids is 1. The van der Waals surface area contributed by atoms with E-state index in [0.717, 1.165) is 18.2 Å². The summed E-state index contributed by atoms with van der Waals surface area (Å²) in [5.74, 6) is -0.634. The average molecular weight is 413 g/mol. The summed E-state index contributed by atoms with van der Waals surface area (Å²) >= 11 is 0. The number of hydrogen-bond donors (Lipinski definition) is 0. The third kappa shape index (κ3) is 3.71. The molecule has 5 nitrogen and oxygen atoms in total. The van der Waals surface area contributed by atoms with E-state index < -0.39 is 43.7 Å². The first-order chi connectivity index (χ1) is 13.2. The molecule has 0 spiro atoms. The Hall–Kier alpha value is -2.55. The van der Waals surface area contributed by atoms with Crippen molar-refractivity contribution in [1.82, 2.24) is 0 Å². The zero-order valence-electron chi connectivity index (χ0n) is 14.9. The molecule has 0 amide bonds. The molecule has 0 radical (unpaired) electrons. The summed E-state index contributed by atoms with van der Waals surface area (Å²) in [5, 5.41) is -1.18. The first kappa shape index (κ1) is 20.2. The van der Waals surface area contributed by atoms with Crippen molar-refractivity contribution in [1.29, 1.82) is 0 Å². The van der Waals surface area contributed by atoms with E-state index in [1.807, 2.05) is 0 Å². The minimum atomic E-state index is -4.80. The van der Waals surface area contributed by atoms with Crippen molar-refractivity contribution in [2.75, 3.05) is 18.6 Å². The summed E-state index contributed by atoms with van der Waals surface area (Å²) in [6.07, 6.45) is -4.96.